The number of rotatable bonds is 6. The third-order valence-electron chi connectivity index (χ3n) is 4.25. The normalized spacial score (nSPS) is 16.6. The fourth-order valence-electron chi connectivity index (χ4n) is 2.98. The van der Waals surface area contributed by atoms with E-state index in [0.717, 1.165) is 27.7 Å². The number of nitrogens with one attached hydrogen (secondary N) is 1. The first-order valence-corrected chi connectivity index (χ1v) is 10.6. The van der Waals surface area contributed by atoms with Crippen molar-refractivity contribution < 1.29 is 9.53 Å². The van der Waals surface area contributed by atoms with Crippen LogP contribution in [0.4, 0.5) is 0 Å². The lowest BCUT2D eigenvalue weighted by molar-refractivity contribution is -0.138. The van der Waals surface area contributed by atoms with Crippen molar-refractivity contribution in [3.05, 3.63) is 77.4 Å². The van der Waals surface area contributed by atoms with Crippen LogP contribution in [-0.4, -0.2) is 23.5 Å². The van der Waals surface area contributed by atoms with Crippen LogP contribution in [0.15, 0.2) is 71.2 Å². The molecule has 0 fully saturated rings. The number of carbonyl (C=O) groups is 1. The van der Waals surface area contributed by atoms with Gasteiger partial charge in [0.25, 0.3) is 0 Å². The molecule has 1 atom stereocenters. The van der Waals surface area contributed by atoms with Gasteiger partial charge >= 0.3 is 5.97 Å². The smallest absolute Gasteiger partial charge is 0.338 e. The predicted octanol–water partition coefficient (Wildman–Crippen LogP) is 5.05. The average Bonchev–Trinajstić information content (AvgIpc) is 2.73. The van der Waals surface area contributed by atoms with Crippen LogP contribution in [0.2, 0.25) is 0 Å². The third kappa shape index (κ3) is 4.84. The Balaban J connectivity index is 2.11. The molecule has 1 N–H and O–H groups in total. The number of thioether (sulfide) groups is 1. The molecule has 0 aliphatic carbocycles. The summed E-state index contributed by atoms with van der Waals surface area (Å²) in [6.45, 7) is 6.51. The first-order chi connectivity index (χ1) is 13.6. The molecule has 1 aliphatic rings. The lowest BCUT2D eigenvalue weighted by Gasteiger charge is -2.27. The standard InChI is InChI=1S/C23H26N2O2S/c1-4-27-22(26)19-20(17-11-7-5-8-12-17)24-23(28-15-16(2)3)25-21(19)18-13-9-6-10-14-18/h5-14,16,20H,4,15H2,1-3H3,(H,24,25)/t20-/m0/s1. The summed E-state index contributed by atoms with van der Waals surface area (Å²) in [6.07, 6.45) is 0. The van der Waals surface area contributed by atoms with Crippen LogP contribution in [0.5, 0.6) is 0 Å². The van der Waals surface area contributed by atoms with Gasteiger partial charge in [-0.1, -0.05) is 86.3 Å². The number of hydrogen-bond acceptors (Lipinski definition) is 5. The average molecular weight is 395 g/mol. The summed E-state index contributed by atoms with van der Waals surface area (Å²) in [6, 6.07) is 19.4. The zero-order valence-corrected chi connectivity index (χ0v) is 17.3. The number of aliphatic imine (C=N–C) groups is 1. The molecule has 1 aliphatic heterocycles. The Labute approximate surface area is 171 Å². The van der Waals surface area contributed by atoms with E-state index in [9.17, 15) is 4.79 Å². The van der Waals surface area contributed by atoms with Gasteiger partial charge in [0.15, 0.2) is 5.17 Å². The van der Waals surface area contributed by atoms with Crippen molar-refractivity contribution >= 4 is 28.6 Å². The zero-order chi connectivity index (χ0) is 19.9. The molecule has 28 heavy (non-hydrogen) atoms. The Kier molecular flexibility index (Phi) is 6.93. The highest BCUT2D eigenvalue weighted by Crippen LogP contribution is 2.36. The van der Waals surface area contributed by atoms with E-state index < -0.39 is 6.04 Å². The van der Waals surface area contributed by atoms with Crippen molar-refractivity contribution in [3.8, 4) is 0 Å². The van der Waals surface area contributed by atoms with E-state index in [1.165, 1.54) is 0 Å². The van der Waals surface area contributed by atoms with Crippen LogP contribution < -0.4 is 5.32 Å². The number of carbonyl (C=O) groups excluding carboxylic acids is 1. The molecule has 0 saturated heterocycles. The van der Waals surface area contributed by atoms with Crippen molar-refractivity contribution in [2.75, 3.05) is 12.4 Å². The molecule has 4 nitrogen and oxygen atoms in total. The lowest BCUT2D eigenvalue weighted by Crippen LogP contribution is -2.31. The topological polar surface area (TPSA) is 50.7 Å². The first-order valence-electron chi connectivity index (χ1n) is 9.59. The van der Waals surface area contributed by atoms with Gasteiger partial charge in [0.1, 0.15) is 6.04 Å². The summed E-state index contributed by atoms with van der Waals surface area (Å²) in [5, 5.41) is 4.23. The second kappa shape index (κ2) is 9.60. The molecule has 0 unspecified atom stereocenters. The maximum Gasteiger partial charge on any atom is 0.338 e. The van der Waals surface area contributed by atoms with E-state index in [1.807, 2.05) is 67.6 Å². The number of hydrogen-bond donors (Lipinski definition) is 1. The second-order valence-electron chi connectivity index (χ2n) is 6.95. The lowest BCUT2D eigenvalue weighted by atomic mass is 9.94. The molecule has 0 amide bonds. The molecule has 2 aromatic rings. The minimum absolute atomic E-state index is 0.324. The molecule has 2 aromatic carbocycles. The summed E-state index contributed by atoms with van der Waals surface area (Å²) >= 11 is 1.68. The summed E-state index contributed by atoms with van der Waals surface area (Å²) in [7, 11) is 0. The zero-order valence-electron chi connectivity index (χ0n) is 16.5. The summed E-state index contributed by atoms with van der Waals surface area (Å²) in [4.78, 5) is 17.8. The van der Waals surface area contributed by atoms with Gasteiger partial charge in [0, 0.05) is 5.75 Å². The highest BCUT2D eigenvalue weighted by atomic mass is 32.2. The van der Waals surface area contributed by atoms with Crippen molar-refractivity contribution in [3.63, 3.8) is 0 Å². The van der Waals surface area contributed by atoms with Crippen LogP contribution in [0.3, 0.4) is 0 Å². The van der Waals surface area contributed by atoms with Crippen LogP contribution in [0.25, 0.3) is 5.70 Å². The summed E-state index contributed by atoms with van der Waals surface area (Å²) < 4.78 is 5.41. The van der Waals surface area contributed by atoms with Gasteiger partial charge < -0.3 is 10.1 Å². The van der Waals surface area contributed by atoms with Gasteiger partial charge in [-0.3, -0.25) is 0 Å². The Bertz CT molecular complexity index is 861. The summed E-state index contributed by atoms with van der Waals surface area (Å²) in [5.74, 6) is 1.16. The molecule has 0 radical (unpaired) electrons. The summed E-state index contributed by atoms with van der Waals surface area (Å²) in [5.41, 5.74) is 3.24. The van der Waals surface area contributed by atoms with Crippen molar-refractivity contribution in [1.29, 1.82) is 0 Å². The number of benzene rings is 2. The minimum Gasteiger partial charge on any atom is -0.463 e. The van der Waals surface area contributed by atoms with E-state index in [2.05, 4.69) is 19.2 Å². The molecule has 146 valence electrons. The maximum atomic E-state index is 12.9. The Morgan fingerprint density at radius 2 is 1.75 bits per heavy atom. The van der Waals surface area contributed by atoms with E-state index in [0.29, 0.717) is 18.1 Å². The van der Waals surface area contributed by atoms with E-state index in [-0.39, 0.29) is 5.97 Å². The van der Waals surface area contributed by atoms with E-state index >= 15 is 0 Å². The quantitative estimate of drug-likeness (QED) is 0.697. The molecular formula is C23H26N2O2S. The Morgan fingerprint density at radius 3 is 2.36 bits per heavy atom. The molecule has 0 aromatic heterocycles. The molecule has 5 heteroatoms. The fourth-order valence-corrected chi connectivity index (χ4v) is 3.82. The van der Waals surface area contributed by atoms with E-state index in [4.69, 9.17) is 9.73 Å². The Morgan fingerprint density at radius 1 is 1.11 bits per heavy atom. The fraction of sp³-hybridized carbons (Fsp3) is 0.304. The minimum atomic E-state index is -0.397. The number of esters is 1. The molecule has 3 rings (SSSR count). The van der Waals surface area contributed by atoms with Crippen LogP contribution in [0.1, 0.15) is 37.9 Å². The third-order valence-corrected chi connectivity index (χ3v) is 5.56. The van der Waals surface area contributed by atoms with Gasteiger partial charge in [-0.2, -0.15) is 0 Å². The second-order valence-corrected chi connectivity index (χ2v) is 7.96. The van der Waals surface area contributed by atoms with Crippen molar-refractivity contribution in [2.24, 2.45) is 10.9 Å². The van der Waals surface area contributed by atoms with Crippen LogP contribution in [0, 0.1) is 5.92 Å². The van der Waals surface area contributed by atoms with Crippen LogP contribution >= 0.6 is 11.8 Å². The van der Waals surface area contributed by atoms with Crippen LogP contribution in [-0.2, 0) is 9.53 Å². The first kappa shape index (κ1) is 20.2. The Hall–Kier alpha value is -2.53. The van der Waals surface area contributed by atoms with Gasteiger partial charge in [-0.05, 0) is 24.0 Å². The molecule has 1 heterocycles. The van der Waals surface area contributed by atoms with Crippen molar-refractivity contribution in [1.82, 2.24) is 5.32 Å². The largest absolute Gasteiger partial charge is 0.463 e. The van der Waals surface area contributed by atoms with Gasteiger partial charge in [0.05, 0.1) is 17.9 Å². The number of amidine groups is 1. The monoisotopic (exact) mass is 394 g/mol. The van der Waals surface area contributed by atoms with Gasteiger partial charge in [-0.15, -0.1) is 0 Å². The number of nitrogens with zero attached hydrogens (tertiary/aromatic N) is 1. The molecule has 0 saturated carbocycles. The molecular weight excluding hydrogens is 368 g/mol. The highest BCUT2D eigenvalue weighted by Gasteiger charge is 2.32. The number of ether oxygens (including phenoxy) is 1. The molecule has 0 spiro atoms. The van der Waals surface area contributed by atoms with Crippen molar-refractivity contribution in [2.45, 2.75) is 26.8 Å². The maximum absolute atomic E-state index is 12.9. The highest BCUT2D eigenvalue weighted by molar-refractivity contribution is 8.13. The SMILES string of the molecule is CCOC(=O)C1=C(c2ccccc2)NC(SCC(C)C)=N[C@H]1c1ccccc1. The van der Waals surface area contributed by atoms with Gasteiger partial charge in [0.2, 0.25) is 0 Å². The predicted molar refractivity (Wildman–Crippen MR) is 117 cm³/mol. The molecule has 0 bridgehead atoms. The van der Waals surface area contributed by atoms with E-state index in [1.54, 1.807) is 11.8 Å². The van der Waals surface area contributed by atoms with Gasteiger partial charge in [-0.25, -0.2) is 9.79 Å².